The molecule has 0 saturated carbocycles. The lowest BCUT2D eigenvalue weighted by molar-refractivity contribution is 0.113. The SMILES string of the molecule is COc1coc(CN2C[C@@H]3CC[C@H]2CN(Cc2cscn2)C3)cc1=O. The monoisotopic (exact) mass is 361 g/mol. The zero-order valence-corrected chi connectivity index (χ0v) is 15.2. The van der Waals surface area contributed by atoms with E-state index >= 15 is 0 Å². The molecular formula is C18H23N3O3S. The zero-order valence-electron chi connectivity index (χ0n) is 14.4. The number of thiazole rings is 1. The fourth-order valence-electron chi connectivity index (χ4n) is 4.01. The lowest BCUT2D eigenvalue weighted by Crippen LogP contribution is -2.43. The molecule has 0 spiro atoms. The van der Waals surface area contributed by atoms with E-state index in [0.717, 1.165) is 26.2 Å². The second-order valence-electron chi connectivity index (χ2n) is 6.98. The van der Waals surface area contributed by atoms with Gasteiger partial charge in [-0.15, -0.1) is 11.3 Å². The van der Waals surface area contributed by atoms with Crippen molar-refractivity contribution in [1.29, 1.82) is 0 Å². The molecule has 25 heavy (non-hydrogen) atoms. The van der Waals surface area contributed by atoms with Gasteiger partial charge >= 0.3 is 0 Å². The van der Waals surface area contributed by atoms with Gasteiger partial charge in [-0.3, -0.25) is 14.6 Å². The summed E-state index contributed by atoms with van der Waals surface area (Å²) in [7, 11) is 1.48. The molecular weight excluding hydrogens is 338 g/mol. The van der Waals surface area contributed by atoms with Crippen molar-refractivity contribution in [1.82, 2.24) is 14.8 Å². The van der Waals surface area contributed by atoms with Crippen LogP contribution in [-0.2, 0) is 13.1 Å². The molecule has 3 aliphatic heterocycles. The van der Waals surface area contributed by atoms with Crippen LogP contribution in [0, 0.1) is 5.92 Å². The summed E-state index contributed by atoms with van der Waals surface area (Å²) in [5, 5.41) is 2.14. The third-order valence-electron chi connectivity index (χ3n) is 5.20. The molecule has 2 bridgehead atoms. The fraction of sp³-hybridized carbons (Fsp3) is 0.556. The lowest BCUT2D eigenvalue weighted by Gasteiger charge is -2.35. The summed E-state index contributed by atoms with van der Waals surface area (Å²) >= 11 is 1.66. The van der Waals surface area contributed by atoms with E-state index in [0.29, 0.717) is 24.3 Å². The standard InChI is InChI=1S/C18H23N3O3S/c1-23-18-10-24-16(4-17(18)22)9-21-6-13-2-3-15(21)8-20(5-13)7-14-11-25-12-19-14/h4,10-13,15H,2-3,5-9H2,1H3/t13-,15+/m1/s1. The van der Waals surface area contributed by atoms with E-state index in [1.807, 2.05) is 5.51 Å². The van der Waals surface area contributed by atoms with E-state index in [2.05, 4.69) is 20.2 Å². The van der Waals surface area contributed by atoms with Gasteiger partial charge in [-0.05, 0) is 18.8 Å². The molecule has 7 heteroatoms. The molecule has 0 radical (unpaired) electrons. The van der Waals surface area contributed by atoms with Gasteiger partial charge in [0.05, 0.1) is 24.9 Å². The van der Waals surface area contributed by atoms with Crippen molar-refractivity contribution in [2.45, 2.75) is 32.0 Å². The van der Waals surface area contributed by atoms with Gasteiger partial charge in [0.1, 0.15) is 12.0 Å². The van der Waals surface area contributed by atoms with Gasteiger partial charge in [0, 0.05) is 43.7 Å². The van der Waals surface area contributed by atoms with E-state index in [9.17, 15) is 4.79 Å². The van der Waals surface area contributed by atoms with Crippen LogP contribution in [0.3, 0.4) is 0 Å². The second-order valence-corrected chi connectivity index (χ2v) is 7.70. The molecule has 3 fully saturated rings. The van der Waals surface area contributed by atoms with Gasteiger partial charge in [-0.2, -0.15) is 0 Å². The Morgan fingerprint density at radius 2 is 2.24 bits per heavy atom. The van der Waals surface area contributed by atoms with Crippen LogP contribution in [0.15, 0.2) is 32.4 Å². The van der Waals surface area contributed by atoms with Crippen molar-refractivity contribution in [3.63, 3.8) is 0 Å². The number of nitrogens with zero attached hydrogens (tertiary/aromatic N) is 3. The van der Waals surface area contributed by atoms with E-state index in [-0.39, 0.29) is 11.2 Å². The minimum absolute atomic E-state index is 0.117. The largest absolute Gasteiger partial charge is 0.490 e. The van der Waals surface area contributed by atoms with Crippen molar-refractivity contribution >= 4 is 11.3 Å². The van der Waals surface area contributed by atoms with E-state index in [4.69, 9.17) is 9.15 Å². The highest BCUT2D eigenvalue weighted by atomic mass is 32.1. The van der Waals surface area contributed by atoms with Crippen molar-refractivity contribution in [3.05, 3.63) is 44.9 Å². The number of ether oxygens (including phenoxy) is 1. The fourth-order valence-corrected chi connectivity index (χ4v) is 4.56. The predicted molar refractivity (Wildman–Crippen MR) is 95.8 cm³/mol. The highest BCUT2D eigenvalue weighted by Gasteiger charge is 2.35. The van der Waals surface area contributed by atoms with Crippen LogP contribution in [0.25, 0.3) is 0 Å². The smallest absolute Gasteiger partial charge is 0.227 e. The molecule has 134 valence electrons. The molecule has 3 aliphatic rings. The quantitative estimate of drug-likeness (QED) is 0.814. The summed E-state index contributed by atoms with van der Waals surface area (Å²) in [5.74, 6) is 1.64. The highest BCUT2D eigenvalue weighted by Crippen LogP contribution is 2.30. The first-order valence-corrected chi connectivity index (χ1v) is 9.64. The summed E-state index contributed by atoms with van der Waals surface area (Å²) < 4.78 is 10.6. The maximum Gasteiger partial charge on any atom is 0.227 e. The molecule has 0 amide bonds. The van der Waals surface area contributed by atoms with Crippen LogP contribution in [0.2, 0.25) is 0 Å². The Bertz CT molecular complexity index is 761. The molecule has 2 atom stereocenters. The van der Waals surface area contributed by atoms with Crippen LogP contribution >= 0.6 is 11.3 Å². The summed E-state index contributed by atoms with van der Waals surface area (Å²) in [5.41, 5.74) is 2.95. The van der Waals surface area contributed by atoms with E-state index < -0.39 is 0 Å². The van der Waals surface area contributed by atoms with Gasteiger partial charge in [-0.1, -0.05) is 0 Å². The minimum Gasteiger partial charge on any atom is -0.490 e. The number of piperidine rings is 1. The molecule has 3 saturated heterocycles. The molecule has 2 aromatic heterocycles. The van der Waals surface area contributed by atoms with Crippen LogP contribution < -0.4 is 10.2 Å². The lowest BCUT2D eigenvalue weighted by atomic mass is 9.95. The van der Waals surface area contributed by atoms with Gasteiger partial charge in [-0.25, -0.2) is 4.98 Å². The van der Waals surface area contributed by atoms with Gasteiger partial charge in [0.15, 0.2) is 0 Å². The first-order chi connectivity index (χ1) is 12.2. The maximum atomic E-state index is 12.0. The summed E-state index contributed by atoms with van der Waals surface area (Å²) in [4.78, 5) is 21.4. The van der Waals surface area contributed by atoms with Crippen molar-refractivity contribution in [2.75, 3.05) is 26.7 Å². The molecule has 0 aliphatic carbocycles. The number of hydrogen-bond donors (Lipinski definition) is 0. The number of methoxy groups -OCH3 is 1. The Hall–Kier alpha value is -1.70. The summed E-state index contributed by atoms with van der Waals surface area (Å²) in [6.45, 7) is 4.85. The van der Waals surface area contributed by atoms with Gasteiger partial charge in [0.25, 0.3) is 0 Å². The maximum absolute atomic E-state index is 12.0. The first kappa shape index (κ1) is 16.8. The van der Waals surface area contributed by atoms with Crippen LogP contribution in [-0.4, -0.2) is 47.6 Å². The first-order valence-electron chi connectivity index (χ1n) is 8.70. The number of rotatable bonds is 5. The second kappa shape index (κ2) is 7.27. The Labute approximate surface area is 151 Å². The minimum atomic E-state index is -0.117. The van der Waals surface area contributed by atoms with E-state index in [1.54, 1.807) is 17.4 Å². The average Bonchev–Trinajstić information content (AvgIpc) is 2.95. The molecule has 6 nitrogen and oxygen atoms in total. The Balaban J connectivity index is 1.45. The topological polar surface area (TPSA) is 58.8 Å². The summed E-state index contributed by atoms with van der Waals surface area (Å²) in [6, 6.07) is 2.06. The van der Waals surface area contributed by atoms with Gasteiger partial charge < -0.3 is 9.15 Å². The summed E-state index contributed by atoms with van der Waals surface area (Å²) in [6.07, 6.45) is 3.90. The van der Waals surface area contributed by atoms with Crippen LogP contribution in [0.4, 0.5) is 0 Å². The van der Waals surface area contributed by atoms with Crippen molar-refractivity contribution < 1.29 is 9.15 Å². The zero-order chi connectivity index (χ0) is 17.2. The van der Waals surface area contributed by atoms with Crippen LogP contribution in [0.1, 0.15) is 24.3 Å². The van der Waals surface area contributed by atoms with E-state index in [1.165, 1.54) is 31.9 Å². The molecule has 5 heterocycles. The average molecular weight is 361 g/mol. The number of fused-ring (bicyclic) bond motifs is 4. The third-order valence-corrected chi connectivity index (χ3v) is 5.84. The predicted octanol–water partition coefficient (Wildman–Crippen LogP) is 2.20. The van der Waals surface area contributed by atoms with Crippen molar-refractivity contribution in [3.8, 4) is 5.75 Å². The number of hydrogen-bond acceptors (Lipinski definition) is 7. The number of aromatic nitrogens is 1. The molecule has 0 aromatic carbocycles. The molecule has 2 aromatic rings. The Kier molecular flexibility index (Phi) is 4.87. The van der Waals surface area contributed by atoms with Crippen LogP contribution in [0.5, 0.6) is 5.75 Å². The van der Waals surface area contributed by atoms with Crippen molar-refractivity contribution in [2.24, 2.45) is 5.92 Å². The normalized spacial score (nSPS) is 24.4. The Morgan fingerprint density at radius 3 is 3.00 bits per heavy atom. The molecule has 0 N–H and O–H groups in total. The molecule has 0 unspecified atom stereocenters. The Morgan fingerprint density at radius 1 is 1.32 bits per heavy atom. The third kappa shape index (κ3) is 3.78. The van der Waals surface area contributed by atoms with Gasteiger partial charge in [0.2, 0.25) is 11.2 Å². The highest BCUT2D eigenvalue weighted by molar-refractivity contribution is 7.07. The molecule has 5 rings (SSSR count).